The molecule has 0 N–H and O–H groups in total. The van der Waals surface area contributed by atoms with Crippen molar-refractivity contribution >= 4 is 17.3 Å². The lowest BCUT2D eigenvalue weighted by atomic mass is 9.99. The Hall–Kier alpha value is -2.59. The highest BCUT2D eigenvalue weighted by Gasteiger charge is 2.17. The highest BCUT2D eigenvalue weighted by Crippen LogP contribution is 2.39. The Morgan fingerprint density at radius 2 is 1.78 bits per heavy atom. The van der Waals surface area contributed by atoms with Crippen LogP contribution in [0, 0.1) is 0 Å². The summed E-state index contributed by atoms with van der Waals surface area (Å²) >= 11 is 1.60. The van der Waals surface area contributed by atoms with Gasteiger partial charge in [0.2, 0.25) is 0 Å². The first-order chi connectivity index (χ1) is 11.2. The summed E-state index contributed by atoms with van der Waals surface area (Å²) in [7, 11) is 3.05. The van der Waals surface area contributed by atoms with Crippen LogP contribution in [0.1, 0.15) is 10.4 Å². The van der Waals surface area contributed by atoms with Gasteiger partial charge < -0.3 is 9.47 Å². The summed E-state index contributed by atoms with van der Waals surface area (Å²) in [5.74, 6) is 0.478. The van der Waals surface area contributed by atoms with Crippen LogP contribution in [0.2, 0.25) is 0 Å². The molecule has 0 radical (unpaired) electrons. The van der Waals surface area contributed by atoms with Gasteiger partial charge >= 0.3 is 5.97 Å². The van der Waals surface area contributed by atoms with Crippen LogP contribution in [0.25, 0.3) is 21.6 Å². The molecule has 4 heteroatoms. The molecule has 116 valence electrons. The number of esters is 1. The fraction of sp³-hybridized carbons (Fsp3) is 0.105. The Morgan fingerprint density at radius 1 is 0.957 bits per heavy atom. The van der Waals surface area contributed by atoms with E-state index in [9.17, 15) is 4.79 Å². The minimum Gasteiger partial charge on any atom is -0.497 e. The first-order valence-corrected chi connectivity index (χ1v) is 8.02. The van der Waals surface area contributed by atoms with Gasteiger partial charge in [0.15, 0.2) is 0 Å². The van der Waals surface area contributed by atoms with Gasteiger partial charge in [0.25, 0.3) is 0 Å². The van der Waals surface area contributed by atoms with E-state index in [2.05, 4.69) is 6.07 Å². The number of benzene rings is 2. The number of rotatable bonds is 4. The van der Waals surface area contributed by atoms with Crippen molar-refractivity contribution < 1.29 is 14.3 Å². The summed E-state index contributed by atoms with van der Waals surface area (Å²) in [6.07, 6.45) is 0. The molecule has 0 spiro atoms. The van der Waals surface area contributed by atoms with Gasteiger partial charge in [-0.2, -0.15) is 0 Å². The largest absolute Gasteiger partial charge is 0.497 e. The lowest BCUT2D eigenvalue weighted by Gasteiger charge is -2.10. The molecule has 0 aliphatic rings. The predicted molar refractivity (Wildman–Crippen MR) is 93.1 cm³/mol. The number of hydrogen-bond donors (Lipinski definition) is 0. The number of ether oxygens (including phenoxy) is 2. The maximum Gasteiger partial charge on any atom is 0.338 e. The zero-order valence-electron chi connectivity index (χ0n) is 12.9. The Morgan fingerprint density at radius 3 is 2.57 bits per heavy atom. The summed E-state index contributed by atoms with van der Waals surface area (Å²) in [6.45, 7) is 0. The molecule has 3 rings (SSSR count). The molecule has 0 saturated carbocycles. The number of thiophene rings is 1. The van der Waals surface area contributed by atoms with Crippen molar-refractivity contribution in [3.05, 3.63) is 65.5 Å². The van der Waals surface area contributed by atoms with Crippen molar-refractivity contribution in [3.63, 3.8) is 0 Å². The number of hydrogen-bond acceptors (Lipinski definition) is 4. The summed E-state index contributed by atoms with van der Waals surface area (Å²) in [4.78, 5) is 13.1. The van der Waals surface area contributed by atoms with Gasteiger partial charge in [-0.1, -0.05) is 30.3 Å². The maximum atomic E-state index is 12.0. The van der Waals surface area contributed by atoms with E-state index in [-0.39, 0.29) is 5.97 Å². The fourth-order valence-electron chi connectivity index (χ4n) is 2.50. The average Bonchev–Trinajstić information content (AvgIpc) is 3.10. The monoisotopic (exact) mass is 324 g/mol. The fourth-order valence-corrected chi connectivity index (χ4v) is 3.46. The van der Waals surface area contributed by atoms with Gasteiger partial charge in [-0.15, -0.1) is 11.3 Å². The first kappa shape index (κ1) is 15.3. The maximum absolute atomic E-state index is 12.0. The Labute approximate surface area is 139 Å². The molecule has 1 heterocycles. The van der Waals surface area contributed by atoms with E-state index in [1.165, 1.54) is 7.11 Å². The molecule has 23 heavy (non-hydrogen) atoms. The second-order valence-corrected chi connectivity index (χ2v) is 5.85. The molecule has 0 unspecified atom stereocenters. The average molecular weight is 324 g/mol. The molecular formula is C19H16O3S. The second kappa shape index (κ2) is 6.67. The molecule has 0 amide bonds. The van der Waals surface area contributed by atoms with E-state index in [1.807, 2.05) is 47.8 Å². The third kappa shape index (κ3) is 2.98. The van der Waals surface area contributed by atoms with Crippen LogP contribution in [0.3, 0.4) is 0 Å². The smallest absolute Gasteiger partial charge is 0.338 e. The van der Waals surface area contributed by atoms with Gasteiger partial charge in [0.05, 0.1) is 19.8 Å². The molecule has 0 atom stereocenters. The summed E-state index contributed by atoms with van der Waals surface area (Å²) in [5, 5.41) is 2.03. The van der Waals surface area contributed by atoms with Crippen LogP contribution < -0.4 is 4.74 Å². The van der Waals surface area contributed by atoms with E-state index in [0.717, 1.165) is 27.3 Å². The van der Waals surface area contributed by atoms with Gasteiger partial charge in [-0.3, -0.25) is 0 Å². The number of carbonyl (C=O) groups excluding carboxylic acids is 1. The van der Waals surface area contributed by atoms with Gasteiger partial charge in [-0.05, 0) is 35.2 Å². The van der Waals surface area contributed by atoms with Crippen molar-refractivity contribution in [3.8, 4) is 27.3 Å². The molecule has 0 bridgehead atoms. The van der Waals surface area contributed by atoms with Gasteiger partial charge in [0, 0.05) is 16.0 Å². The molecule has 0 aliphatic carbocycles. The summed E-state index contributed by atoms with van der Waals surface area (Å²) < 4.78 is 10.2. The molecule has 0 saturated heterocycles. The summed E-state index contributed by atoms with van der Waals surface area (Å²) in [5.41, 5.74) is 3.58. The molecular weight excluding hydrogens is 308 g/mol. The SMILES string of the molecule is COC(=O)c1ccccc1-c1sccc1-c1cccc(OC)c1. The topological polar surface area (TPSA) is 35.5 Å². The minimum atomic E-state index is -0.328. The van der Waals surface area contributed by atoms with Crippen molar-refractivity contribution in [1.29, 1.82) is 0 Å². The normalized spacial score (nSPS) is 10.3. The molecule has 3 aromatic rings. The van der Waals surface area contributed by atoms with Gasteiger partial charge in [-0.25, -0.2) is 4.79 Å². The Bertz CT molecular complexity index is 836. The van der Waals surface area contributed by atoms with E-state index in [4.69, 9.17) is 9.47 Å². The highest BCUT2D eigenvalue weighted by molar-refractivity contribution is 7.14. The highest BCUT2D eigenvalue weighted by atomic mass is 32.1. The molecule has 1 aromatic heterocycles. The number of methoxy groups -OCH3 is 2. The Balaban J connectivity index is 2.14. The zero-order valence-corrected chi connectivity index (χ0v) is 13.7. The van der Waals surface area contributed by atoms with E-state index in [1.54, 1.807) is 24.5 Å². The van der Waals surface area contributed by atoms with Crippen LogP contribution in [0.15, 0.2) is 60.0 Å². The standard InChI is InChI=1S/C19H16O3S/c1-21-14-7-5-6-13(12-14)15-10-11-23-18(15)16-8-3-4-9-17(16)19(20)22-2/h3-12H,1-2H3. The van der Waals surface area contributed by atoms with Crippen LogP contribution in [-0.2, 0) is 4.74 Å². The molecule has 0 aliphatic heterocycles. The van der Waals surface area contributed by atoms with E-state index in [0.29, 0.717) is 5.56 Å². The van der Waals surface area contributed by atoms with Crippen molar-refractivity contribution in [2.75, 3.05) is 14.2 Å². The lowest BCUT2D eigenvalue weighted by Crippen LogP contribution is -2.03. The second-order valence-electron chi connectivity index (χ2n) is 4.93. The van der Waals surface area contributed by atoms with Crippen molar-refractivity contribution in [2.45, 2.75) is 0 Å². The van der Waals surface area contributed by atoms with Crippen LogP contribution in [-0.4, -0.2) is 20.2 Å². The van der Waals surface area contributed by atoms with Crippen LogP contribution in [0.4, 0.5) is 0 Å². The number of carbonyl (C=O) groups is 1. The third-order valence-electron chi connectivity index (χ3n) is 3.62. The predicted octanol–water partition coefficient (Wildman–Crippen LogP) is 4.88. The quantitative estimate of drug-likeness (QED) is 0.642. The van der Waals surface area contributed by atoms with E-state index < -0.39 is 0 Å². The minimum absolute atomic E-state index is 0.328. The van der Waals surface area contributed by atoms with Crippen LogP contribution in [0.5, 0.6) is 5.75 Å². The molecule has 0 fully saturated rings. The summed E-state index contributed by atoms with van der Waals surface area (Å²) in [6, 6.07) is 17.5. The van der Waals surface area contributed by atoms with Crippen molar-refractivity contribution in [1.82, 2.24) is 0 Å². The van der Waals surface area contributed by atoms with Crippen LogP contribution >= 0.6 is 11.3 Å². The van der Waals surface area contributed by atoms with E-state index >= 15 is 0 Å². The third-order valence-corrected chi connectivity index (χ3v) is 4.57. The molecule has 2 aromatic carbocycles. The Kier molecular flexibility index (Phi) is 4.44. The van der Waals surface area contributed by atoms with Crippen molar-refractivity contribution in [2.24, 2.45) is 0 Å². The lowest BCUT2D eigenvalue weighted by molar-refractivity contribution is 0.0601. The zero-order chi connectivity index (χ0) is 16.2. The first-order valence-electron chi connectivity index (χ1n) is 7.14. The molecule has 3 nitrogen and oxygen atoms in total. The van der Waals surface area contributed by atoms with Gasteiger partial charge in [0.1, 0.15) is 5.75 Å².